The van der Waals surface area contributed by atoms with E-state index in [1.807, 2.05) is 0 Å². The molecule has 2 aliphatic rings. The highest BCUT2D eigenvalue weighted by molar-refractivity contribution is 6.09. The van der Waals surface area contributed by atoms with Crippen molar-refractivity contribution in [3.05, 3.63) is 229 Å². The molecule has 0 bridgehead atoms. The van der Waals surface area contributed by atoms with Crippen molar-refractivity contribution in [1.29, 1.82) is 0 Å². The van der Waals surface area contributed by atoms with Crippen LogP contribution in [0.5, 0.6) is 0 Å². The van der Waals surface area contributed by atoms with E-state index < -0.39 is 0 Å². The van der Waals surface area contributed by atoms with Crippen LogP contribution in [0.1, 0.15) is 17.0 Å². The summed E-state index contributed by atoms with van der Waals surface area (Å²) in [5, 5.41) is 7.15. The van der Waals surface area contributed by atoms with E-state index in [-0.39, 0.29) is 0 Å². The van der Waals surface area contributed by atoms with Gasteiger partial charge in [0.15, 0.2) is 17.5 Å². The van der Waals surface area contributed by atoms with Gasteiger partial charge in [0.25, 0.3) is 0 Å². The summed E-state index contributed by atoms with van der Waals surface area (Å²) in [5.41, 5.74) is 13.9. The summed E-state index contributed by atoms with van der Waals surface area (Å²) in [7, 11) is 0. The highest BCUT2D eigenvalue weighted by Crippen LogP contribution is 2.44. The van der Waals surface area contributed by atoms with Crippen LogP contribution in [0.15, 0.2) is 218 Å². The molecule has 0 saturated heterocycles. The Hall–Kier alpha value is -8.01. The molecule has 1 atom stereocenters. The average Bonchev–Trinajstić information content (AvgIpc) is 3.72. The number of aromatic nitrogens is 3. The highest BCUT2D eigenvalue weighted by Gasteiger charge is 2.25. The fourth-order valence-electron chi connectivity index (χ4n) is 9.43. The first-order valence-corrected chi connectivity index (χ1v) is 20.9. The van der Waals surface area contributed by atoms with Crippen LogP contribution in [0, 0.1) is 0 Å². The molecule has 1 unspecified atom stereocenters. The Morgan fingerprint density at radius 3 is 1.49 bits per heavy atom. The molecule has 0 radical (unpaired) electrons. The van der Waals surface area contributed by atoms with Gasteiger partial charge in [-0.2, -0.15) is 0 Å². The average molecular weight is 776 g/mol. The van der Waals surface area contributed by atoms with Crippen molar-refractivity contribution in [2.75, 3.05) is 0 Å². The quantitative estimate of drug-likeness (QED) is 0.169. The number of hydrogen-bond acceptors (Lipinski definition) is 3. The maximum Gasteiger partial charge on any atom is 0.164 e. The van der Waals surface area contributed by atoms with Crippen LogP contribution in [-0.2, 0) is 0 Å². The minimum Gasteiger partial charge on any atom is -0.208 e. The van der Waals surface area contributed by atoms with Crippen molar-refractivity contribution in [3.63, 3.8) is 0 Å². The Labute approximate surface area is 354 Å². The lowest BCUT2D eigenvalue weighted by molar-refractivity contribution is 1.05. The molecular weight excluding hydrogens is 739 g/mol. The summed E-state index contributed by atoms with van der Waals surface area (Å²) in [5.74, 6) is 2.22. The van der Waals surface area contributed by atoms with E-state index >= 15 is 0 Å². The van der Waals surface area contributed by atoms with E-state index in [1.54, 1.807) is 0 Å². The van der Waals surface area contributed by atoms with Crippen LogP contribution >= 0.6 is 0 Å². The molecule has 10 aromatic rings. The van der Waals surface area contributed by atoms with Gasteiger partial charge >= 0.3 is 0 Å². The van der Waals surface area contributed by atoms with E-state index in [9.17, 15) is 0 Å². The van der Waals surface area contributed by atoms with Crippen molar-refractivity contribution < 1.29 is 0 Å². The van der Waals surface area contributed by atoms with Crippen LogP contribution < -0.4 is 0 Å². The predicted octanol–water partition coefficient (Wildman–Crippen LogP) is 14.9. The SMILES string of the molecule is C1=CC2=Cc3c(-c4ccc(-c5nc(-c6ccc(-c7cccc8ccccc78)cc6)nc(-c6ccc(-c7cccc8ccccc78)c7ccccc67)n5)cc4)cccc3C2C=C1. The summed E-state index contributed by atoms with van der Waals surface area (Å²) in [6, 6.07) is 67.2. The topological polar surface area (TPSA) is 38.7 Å². The van der Waals surface area contributed by atoms with Gasteiger partial charge in [0, 0.05) is 22.6 Å². The lowest BCUT2D eigenvalue weighted by Gasteiger charge is -2.15. The summed E-state index contributed by atoms with van der Waals surface area (Å²) in [6.07, 6.45) is 11.1. The number of benzene rings is 9. The second kappa shape index (κ2) is 14.4. The third-order valence-corrected chi connectivity index (χ3v) is 12.4. The van der Waals surface area contributed by atoms with Crippen LogP contribution in [0.2, 0.25) is 0 Å². The fraction of sp³-hybridized carbons (Fsp3) is 0.0172. The zero-order valence-electron chi connectivity index (χ0n) is 33.2. The molecule has 1 heterocycles. The Bertz CT molecular complexity index is 3450. The second-order valence-electron chi connectivity index (χ2n) is 15.9. The number of fused-ring (bicyclic) bond motifs is 6. The standard InChI is InChI=1S/C58H37N3/c1-4-17-44-37(12-1)15-9-22-45(44)39-26-30-41(31-27-39)56-59-57(42-32-28-40(29-33-42)47-23-11-25-50-48-19-6-3-14-43(48)36-55(47)50)61-58(60-56)54-35-34-53(51-20-7-8-21-52(51)54)49-24-10-16-38-13-2-5-18-46(38)49/h1-36,48H. The van der Waals surface area contributed by atoms with Gasteiger partial charge in [0.2, 0.25) is 0 Å². The van der Waals surface area contributed by atoms with Crippen molar-refractivity contribution in [2.45, 2.75) is 5.92 Å². The van der Waals surface area contributed by atoms with Gasteiger partial charge in [-0.05, 0) is 94.5 Å². The second-order valence-corrected chi connectivity index (χ2v) is 15.9. The maximum atomic E-state index is 5.26. The van der Waals surface area contributed by atoms with Crippen molar-refractivity contribution in [3.8, 4) is 67.5 Å². The lowest BCUT2D eigenvalue weighted by Crippen LogP contribution is -2.01. The summed E-state index contributed by atoms with van der Waals surface area (Å²) in [4.78, 5) is 15.7. The zero-order valence-corrected chi connectivity index (χ0v) is 33.2. The monoisotopic (exact) mass is 775 g/mol. The van der Waals surface area contributed by atoms with E-state index in [1.165, 1.54) is 60.5 Å². The van der Waals surface area contributed by atoms with Crippen molar-refractivity contribution in [1.82, 2.24) is 15.0 Å². The first kappa shape index (κ1) is 35.0. The molecular formula is C58H37N3. The molecule has 2 aliphatic carbocycles. The molecule has 284 valence electrons. The van der Waals surface area contributed by atoms with E-state index in [2.05, 4.69) is 218 Å². The Morgan fingerprint density at radius 2 is 0.803 bits per heavy atom. The molecule has 0 amide bonds. The van der Waals surface area contributed by atoms with Crippen LogP contribution in [0.25, 0.3) is 106 Å². The van der Waals surface area contributed by atoms with Gasteiger partial charge < -0.3 is 0 Å². The first-order valence-electron chi connectivity index (χ1n) is 20.9. The summed E-state index contributed by atoms with van der Waals surface area (Å²) in [6.45, 7) is 0. The largest absolute Gasteiger partial charge is 0.208 e. The molecule has 1 aromatic heterocycles. The van der Waals surface area contributed by atoms with Gasteiger partial charge in [0.1, 0.15) is 0 Å². The first-order chi connectivity index (χ1) is 30.2. The Kier molecular flexibility index (Phi) is 8.24. The number of rotatable bonds is 6. The zero-order chi connectivity index (χ0) is 40.3. The van der Waals surface area contributed by atoms with Gasteiger partial charge in [-0.3, -0.25) is 0 Å². The third-order valence-electron chi connectivity index (χ3n) is 12.4. The van der Waals surface area contributed by atoms with Gasteiger partial charge in [0.05, 0.1) is 0 Å². The number of hydrogen-bond donors (Lipinski definition) is 0. The van der Waals surface area contributed by atoms with Gasteiger partial charge in [-0.25, -0.2) is 15.0 Å². The van der Waals surface area contributed by atoms with E-state index in [0.29, 0.717) is 23.4 Å². The van der Waals surface area contributed by atoms with Crippen LogP contribution in [-0.4, -0.2) is 15.0 Å². The van der Waals surface area contributed by atoms with Crippen LogP contribution in [0.3, 0.4) is 0 Å². The summed E-state index contributed by atoms with van der Waals surface area (Å²) >= 11 is 0. The minimum atomic E-state index is 0.319. The van der Waals surface area contributed by atoms with Crippen molar-refractivity contribution in [2.24, 2.45) is 0 Å². The lowest BCUT2D eigenvalue weighted by atomic mass is 9.90. The number of allylic oxidation sites excluding steroid dienone is 5. The molecule has 3 nitrogen and oxygen atoms in total. The third kappa shape index (κ3) is 6.01. The number of nitrogens with zero attached hydrogens (tertiary/aromatic N) is 3. The molecule has 0 aliphatic heterocycles. The molecule has 9 aromatic carbocycles. The maximum absolute atomic E-state index is 5.26. The molecule has 61 heavy (non-hydrogen) atoms. The van der Waals surface area contributed by atoms with Crippen molar-refractivity contribution >= 4 is 38.4 Å². The van der Waals surface area contributed by atoms with E-state index in [4.69, 9.17) is 15.0 Å². The molecule has 0 N–H and O–H groups in total. The molecule has 0 saturated carbocycles. The molecule has 12 rings (SSSR count). The Balaban J connectivity index is 0.991. The minimum absolute atomic E-state index is 0.319. The highest BCUT2D eigenvalue weighted by atomic mass is 15.0. The summed E-state index contributed by atoms with van der Waals surface area (Å²) < 4.78 is 0. The fourth-order valence-corrected chi connectivity index (χ4v) is 9.43. The van der Waals surface area contributed by atoms with Crippen LogP contribution in [0.4, 0.5) is 0 Å². The Morgan fingerprint density at radius 1 is 0.328 bits per heavy atom. The van der Waals surface area contributed by atoms with E-state index in [0.717, 1.165) is 38.6 Å². The van der Waals surface area contributed by atoms with Gasteiger partial charge in [-0.1, -0.05) is 206 Å². The predicted molar refractivity (Wildman–Crippen MR) is 254 cm³/mol. The molecule has 3 heteroatoms. The molecule has 0 fully saturated rings. The van der Waals surface area contributed by atoms with Gasteiger partial charge in [-0.15, -0.1) is 0 Å². The molecule has 0 spiro atoms. The smallest absolute Gasteiger partial charge is 0.164 e. The normalized spacial score (nSPS) is 14.0.